The lowest BCUT2D eigenvalue weighted by atomic mass is 9.98. The minimum atomic E-state index is 0.0565. The van der Waals surface area contributed by atoms with Crippen LogP contribution >= 0.6 is 0 Å². The van der Waals surface area contributed by atoms with Crippen molar-refractivity contribution in [3.8, 4) is 5.75 Å². The first kappa shape index (κ1) is 15.8. The first-order valence-corrected chi connectivity index (χ1v) is 7.83. The molecule has 1 fully saturated rings. The molecule has 1 amide bonds. The van der Waals surface area contributed by atoms with Crippen LogP contribution in [-0.2, 0) is 4.79 Å². The number of rotatable bonds is 6. The van der Waals surface area contributed by atoms with Gasteiger partial charge in [-0.1, -0.05) is 25.5 Å². The van der Waals surface area contributed by atoms with Crippen LogP contribution in [0.3, 0.4) is 0 Å². The third-order valence-electron chi connectivity index (χ3n) is 4.43. The smallest absolute Gasteiger partial charge is 0.220 e. The number of hydrogen-bond donors (Lipinski definition) is 2. The van der Waals surface area contributed by atoms with Crippen molar-refractivity contribution in [1.29, 1.82) is 0 Å². The van der Waals surface area contributed by atoms with E-state index in [9.17, 15) is 4.79 Å². The van der Waals surface area contributed by atoms with E-state index in [1.165, 1.54) is 0 Å². The number of benzene rings is 1. The minimum Gasteiger partial charge on any atom is -0.497 e. The molecule has 0 aliphatic heterocycles. The largest absolute Gasteiger partial charge is 0.497 e. The summed E-state index contributed by atoms with van der Waals surface area (Å²) in [6, 6.07) is 8.12. The molecule has 3 N–H and O–H groups in total. The fourth-order valence-corrected chi connectivity index (χ4v) is 3.07. The van der Waals surface area contributed by atoms with Gasteiger partial charge in [0.05, 0.1) is 13.2 Å². The van der Waals surface area contributed by atoms with Crippen molar-refractivity contribution in [2.75, 3.05) is 7.11 Å². The number of amides is 1. The predicted molar refractivity (Wildman–Crippen MR) is 84.1 cm³/mol. The van der Waals surface area contributed by atoms with E-state index in [4.69, 9.17) is 10.5 Å². The molecule has 0 radical (unpaired) electrons. The van der Waals surface area contributed by atoms with Gasteiger partial charge in [-0.25, -0.2) is 0 Å². The highest BCUT2D eigenvalue weighted by Crippen LogP contribution is 2.27. The van der Waals surface area contributed by atoms with Crippen LogP contribution in [0.4, 0.5) is 0 Å². The van der Waals surface area contributed by atoms with Crippen LogP contribution in [0.5, 0.6) is 5.75 Å². The summed E-state index contributed by atoms with van der Waals surface area (Å²) in [6.07, 6.45) is 4.69. The standard InChI is InChI=1S/C17H26N2O2/c1-3-16(12-7-9-14(21-2)10-8-12)19-17(20)11-13-5-4-6-15(13)18/h7-10,13,15-16H,3-6,11,18H2,1-2H3,(H,19,20)/t13-,15+,16?/m0/s1. The van der Waals surface area contributed by atoms with E-state index in [0.717, 1.165) is 37.0 Å². The molecular formula is C17H26N2O2. The number of hydrogen-bond acceptors (Lipinski definition) is 3. The second-order valence-corrected chi connectivity index (χ2v) is 5.86. The Hall–Kier alpha value is -1.55. The first-order valence-electron chi connectivity index (χ1n) is 7.83. The van der Waals surface area contributed by atoms with E-state index in [2.05, 4.69) is 12.2 Å². The molecule has 0 aromatic heterocycles. The molecule has 1 aromatic carbocycles. The molecule has 4 heteroatoms. The van der Waals surface area contributed by atoms with Crippen LogP contribution in [0.15, 0.2) is 24.3 Å². The molecule has 4 nitrogen and oxygen atoms in total. The molecule has 1 aliphatic rings. The van der Waals surface area contributed by atoms with Crippen LogP contribution in [0.1, 0.15) is 50.6 Å². The molecule has 1 unspecified atom stereocenters. The van der Waals surface area contributed by atoms with Crippen molar-refractivity contribution in [2.45, 2.75) is 51.1 Å². The third-order valence-corrected chi connectivity index (χ3v) is 4.43. The number of nitrogens with one attached hydrogen (secondary N) is 1. The Bertz CT molecular complexity index is 458. The van der Waals surface area contributed by atoms with Crippen molar-refractivity contribution in [2.24, 2.45) is 11.7 Å². The van der Waals surface area contributed by atoms with Gasteiger partial charge in [-0.15, -0.1) is 0 Å². The molecule has 3 atom stereocenters. The van der Waals surface area contributed by atoms with Crippen molar-refractivity contribution in [1.82, 2.24) is 5.32 Å². The summed E-state index contributed by atoms with van der Waals surface area (Å²) in [5.74, 6) is 1.29. The molecule has 0 heterocycles. The highest BCUT2D eigenvalue weighted by molar-refractivity contribution is 5.76. The van der Waals surface area contributed by atoms with Crippen LogP contribution in [-0.4, -0.2) is 19.1 Å². The zero-order chi connectivity index (χ0) is 15.2. The SMILES string of the molecule is CCC(NC(=O)C[C@@H]1CCC[C@H]1N)c1ccc(OC)cc1. The van der Waals surface area contributed by atoms with Gasteiger partial charge in [0.1, 0.15) is 5.75 Å². The topological polar surface area (TPSA) is 64.4 Å². The van der Waals surface area contributed by atoms with Crippen molar-refractivity contribution >= 4 is 5.91 Å². The predicted octanol–water partition coefficient (Wildman–Crippen LogP) is 2.78. The summed E-state index contributed by atoms with van der Waals surface area (Å²) in [5, 5.41) is 3.13. The zero-order valence-electron chi connectivity index (χ0n) is 13.0. The van der Waals surface area contributed by atoms with Gasteiger partial charge in [-0.3, -0.25) is 4.79 Å². The van der Waals surface area contributed by atoms with Gasteiger partial charge < -0.3 is 15.8 Å². The third kappa shape index (κ3) is 4.21. The number of carbonyl (C=O) groups is 1. The number of methoxy groups -OCH3 is 1. The Morgan fingerprint density at radius 1 is 1.38 bits per heavy atom. The Morgan fingerprint density at radius 2 is 2.10 bits per heavy atom. The fourth-order valence-electron chi connectivity index (χ4n) is 3.07. The molecule has 2 rings (SSSR count). The van der Waals surface area contributed by atoms with E-state index in [0.29, 0.717) is 12.3 Å². The van der Waals surface area contributed by atoms with E-state index in [1.54, 1.807) is 7.11 Å². The van der Waals surface area contributed by atoms with E-state index >= 15 is 0 Å². The van der Waals surface area contributed by atoms with Crippen LogP contribution in [0.2, 0.25) is 0 Å². The van der Waals surface area contributed by atoms with Crippen LogP contribution in [0.25, 0.3) is 0 Å². The van der Waals surface area contributed by atoms with Crippen molar-refractivity contribution in [3.63, 3.8) is 0 Å². The summed E-state index contributed by atoms with van der Waals surface area (Å²) < 4.78 is 5.16. The zero-order valence-corrected chi connectivity index (χ0v) is 13.0. The lowest BCUT2D eigenvalue weighted by molar-refractivity contribution is -0.122. The Labute approximate surface area is 127 Å². The second kappa shape index (κ2) is 7.46. The van der Waals surface area contributed by atoms with Gasteiger partial charge in [-0.2, -0.15) is 0 Å². The molecule has 1 aliphatic carbocycles. The summed E-state index contributed by atoms with van der Waals surface area (Å²) in [6.45, 7) is 2.08. The normalized spacial score (nSPS) is 22.8. The molecule has 0 saturated heterocycles. The van der Waals surface area contributed by atoms with Crippen molar-refractivity contribution in [3.05, 3.63) is 29.8 Å². The molecule has 21 heavy (non-hydrogen) atoms. The number of carbonyl (C=O) groups excluding carboxylic acids is 1. The minimum absolute atomic E-state index is 0.0565. The average Bonchev–Trinajstić information content (AvgIpc) is 2.90. The molecule has 1 aromatic rings. The summed E-state index contributed by atoms with van der Waals surface area (Å²) in [4.78, 5) is 12.2. The fraction of sp³-hybridized carbons (Fsp3) is 0.588. The molecule has 0 bridgehead atoms. The quantitative estimate of drug-likeness (QED) is 0.846. The highest BCUT2D eigenvalue weighted by atomic mass is 16.5. The lowest BCUT2D eigenvalue weighted by Gasteiger charge is -2.20. The second-order valence-electron chi connectivity index (χ2n) is 5.86. The van der Waals surface area contributed by atoms with E-state index in [1.807, 2.05) is 24.3 Å². The number of nitrogens with two attached hydrogens (primary N) is 1. The van der Waals surface area contributed by atoms with Crippen molar-refractivity contribution < 1.29 is 9.53 Å². The molecular weight excluding hydrogens is 264 g/mol. The maximum atomic E-state index is 12.2. The molecule has 116 valence electrons. The van der Waals surface area contributed by atoms with Crippen LogP contribution < -0.4 is 15.8 Å². The van der Waals surface area contributed by atoms with Gasteiger partial charge in [0.2, 0.25) is 5.91 Å². The monoisotopic (exact) mass is 290 g/mol. The summed E-state index contributed by atoms with van der Waals surface area (Å²) in [7, 11) is 1.65. The van der Waals surface area contributed by atoms with Gasteiger partial charge >= 0.3 is 0 Å². The van der Waals surface area contributed by atoms with Gasteiger partial charge in [0, 0.05) is 12.5 Å². The highest BCUT2D eigenvalue weighted by Gasteiger charge is 2.26. The Kier molecular flexibility index (Phi) is 5.62. The van der Waals surface area contributed by atoms with E-state index in [-0.39, 0.29) is 18.0 Å². The maximum Gasteiger partial charge on any atom is 0.220 e. The first-order chi connectivity index (χ1) is 10.1. The van der Waals surface area contributed by atoms with Gasteiger partial charge in [0.15, 0.2) is 0 Å². The summed E-state index contributed by atoms with van der Waals surface area (Å²) >= 11 is 0. The average molecular weight is 290 g/mol. The van der Waals surface area contributed by atoms with Gasteiger partial charge in [-0.05, 0) is 42.9 Å². The Balaban J connectivity index is 1.92. The van der Waals surface area contributed by atoms with Crippen LogP contribution in [0, 0.1) is 5.92 Å². The lowest BCUT2D eigenvalue weighted by Crippen LogP contribution is -2.33. The molecule has 1 saturated carbocycles. The Morgan fingerprint density at radius 3 is 2.62 bits per heavy atom. The molecule has 0 spiro atoms. The van der Waals surface area contributed by atoms with E-state index < -0.39 is 0 Å². The van der Waals surface area contributed by atoms with Gasteiger partial charge in [0.25, 0.3) is 0 Å². The number of ether oxygens (including phenoxy) is 1. The summed E-state index contributed by atoms with van der Waals surface area (Å²) in [5.41, 5.74) is 7.15. The maximum absolute atomic E-state index is 12.2.